The Bertz CT molecular complexity index is 259. The van der Waals surface area contributed by atoms with Crippen LogP contribution < -0.4 is 5.32 Å². The molecule has 0 bridgehead atoms. The fourth-order valence-electron chi connectivity index (χ4n) is 0.955. The van der Waals surface area contributed by atoms with Gasteiger partial charge in [0.2, 0.25) is 5.91 Å². The zero-order valence-corrected chi connectivity index (χ0v) is 9.92. The predicted molar refractivity (Wildman–Crippen MR) is 63.8 cm³/mol. The minimum Gasteiger partial charge on any atom is -0.355 e. The van der Waals surface area contributed by atoms with E-state index in [4.69, 9.17) is 0 Å². The number of amides is 1. The molecule has 78 valence electrons. The summed E-state index contributed by atoms with van der Waals surface area (Å²) in [5.41, 5.74) is 0. The number of rotatable bonds is 6. The van der Waals surface area contributed by atoms with Crippen LogP contribution >= 0.6 is 23.1 Å². The van der Waals surface area contributed by atoms with Crippen molar-refractivity contribution in [2.75, 3.05) is 12.3 Å². The Morgan fingerprint density at radius 2 is 2.50 bits per heavy atom. The highest BCUT2D eigenvalue weighted by Crippen LogP contribution is 2.16. The van der Waals surface area contributed by atoms with E-state index in [0.717, 1.165) is 18.1 Å². The Morgan fingerprint density at radius 3 is 3.14 bits per heavy atom. The highest BCUT2D eigenvalue weighted by atomic mass is 32.2. The first-order chi connectivity index (χ1) is 6.83. The Kier molecular flexibility index (Phi) is 5.71. The molecule has 2 nitrogen and oxygen atoms in total. The second-order valence-corrected chi connectivity index (χ2v) is 4.97. The molecule has 0 aromatic carbocycles. The van der Waals surface area contributed by atoms with Gasteiger partial charge in [0.1, 0.15) is 0 Å². The van der Waals surface area contributed by atoms with E-state index in [1.807, 2.05) is 18.7 Å². The highest BCUT2D eigenvalue weighted by Gasteiger charge is 1.96. The minimum atomic E-state index is 0.140. The number of carbonyl (C=O) groups excluding carboxylic acids is 1. The van der Waals surface area contributed by atoms with Gasteiger partial charge in [-0.3, -0.25) is 4.79 Å². The maximum atomic E-state index is 10.9. The number of carbonyl (C=O) groups is 1. The zero-order valence-electron chi connectivity index (χ0n) is 8.29. The van der Waals surface area contributed by atoms with Crippen LogP contribution in [0.3, 0.4) is 0 Å². The molecular weight excluding hydrogens is 214 g/mol. The van der Waals surface area contributed by atoms with Crippen LogP contribution in [0.4, 0.5) is 0 Å². The van der Waals surface area contributed by atoms with Gasteiger partial charge in [0, 0.05) is 29.3 Å². The van der Waals surface area contributed by atoms with Crippen molar-refractivity contribution in [3.8, 4) is 0 Å². The van der Waals surface area contributed by atoms with E-state index in [9.17, 15) is 4.79 Å². The molecule has 4 heteroatoms. The highest BCUT2D eigenvalue weighted by molar-refractivity contribution is 7.98. The van der Waals surface area contributed by atoms with Gasteiger partial charge in [0.25, 0.3) is 0 Å². The summed E-state index contributed by atoms with van der Waals surface area (Å²) >= 11 is 3.64. The molecule has 14 heavy (non-hydrogen) atoms. The third-order valence-electron chi connectivity index (χ3n) is 1.71. The average Bonchev–Trinajstić information content (AvgIpc) is 2.69. The summed E-state index contributed by atoms with van der Waals surface area (Å²) < 4.78 is 0. The van der Waals surface area contributed by atoms with Gasteiger partial charge in [0.15, 0.2) is 0 Å². The number of nitrogens with one attached hydrogen (secondary N) is 1. The van der Waals surface area contributed by atoms with Crippen molar-refractivity contribution < 1.29 is 4.79 Å². The molecule has 0 saturated carbocycles. The summed E-state index contributed by atoms with van der Waals surface area (Å²) in [6, 6.07) is 4.21. The summed E-state index contributed by atoms with van der Waals surface area (Å²) in [6.45, 7) is 2.65. The van der Waals surface area contributed by atoms with Crippen molar-refractivity contribution in [3.05, 3.63) is 22.4 Å². The molecule has 1 N–H and O–H groups in total. The lowest BCUT2D eigenvalue weighted by atomic mass is 10.4. The smallest absolute Gasteiger partial charge is 0.219 e. The number of hydrogen-bond donors (Lipinski definition) is 1. The quantitative estimate of drug-likeness (QED) is 0.759. The van der Waals surface area contributed by atoms with Crippen LogP contribution in [0.25, 0.3) is 0 Å². The molecule has 0 radical (unpaired) electrons. The van der Waals surface area contributed by atoms with Gasteiger partial charge >= 0.3 is 0 Å². The summed E-state index contributed by atoms with van der Waals surface area (Å²) in [4.78, 5) is 12.3. The molecule has 0 fully saturated rings. The largest absolute Gasteiger partial charge is 0.355 e. The van der Waals surface area contributed by atoms with Gasteiger partial charge in [-0.15, -0.1) is 11.3 Å². The fraction of sp³-hybridized carbons (Fsp3) is 0.500. The lowest BCUT2D eigenvalue weighted by Gasteiger charge is -2.02. The lowest BCUT2D eigenvalue weighted by molar-refractivity contribution is -0.120. The van der Waals surface area contributed by atoms with E-state index >= 15 is 0 Å². The first kappa shape index (κ1) is 11.6. The second kappa shape index (κ2) is 6.90. The molecule has 0 saturated heterocycles. The number of thiophene rings is 1. The van der Waals surface area contributed by atoms with Crippen LogP contribution in [-0.2, 0) is 10.5 Å². The van der Waals surface area contributed by atoms with Gasteiger partial charge in [-0.25, -0.2) is 0 Å². The van der Waals surface area contributed by atoms with Gasteiger partial charge < -0.3 is 5.32 Å². The minimum absolute atomic E-state index is 0.140. The van der Waals surface area contributed by atoms with Crippen molar-refractivity contribution in [2.45, 2.75) is 19.1 Å². The van der Waals surface area contributed by atoms with Crippen molar-refractivity contribution in [3.63, 3.8) is 0 Å². The summed E-state index contributed by atoms with van der Waals surface area (Å²) in [6.07, 6.45) is 0.579. The maximum Gasteiger partial charge on any atom is 0.219 e. The van der Waals surface area contributed by atoms with Crippen LogP contribution in [0, 0.1) is 0 Å². The van der Waals surface area contributed by atoms with Crippen molar-refractivity contribution >= 4 is 29.0 Å². The normalized spacial score (nSPS) is 10.1. The van der Waals surface area contributed by atoms with E-state index < -0.39 is 0 Å². The first-order valence-corrected chi connectivity index (χ1v) is 6.73. The molecule has 1 heterocycles. The van der Waals surface area contributed by atoms with E-state index in [2.05, 4.69) is 22.8 Å². The molecule has 1 aromatic heterocycles. The Morgan fingerprint density at radius 1 is 1.64 bits per heavy atom. The Balaban J connectivity index is 1.97. The van der Waals surface area contributed by atoms with Crippen molar-refractivity contribution in [1.29, 1.82) is 0 Å². The molecule has 0 aliphatic carbocycles. The number of hydrogen-bond acceptors (Lipinski definition) is 3. The summed E-state index contributed by atoms with van der Waals surface area (Å²) in [5.74, 6) is 2.19. The molecule has 1 amide bonds. The monoisotopic (exact) mass is 229 g/mol. The molecule has 0 atom stereocenters. The number of thioether (sulfide) groups is 1. The van der Waals surface area contributed by atoms with E-state index in [-0.39, 0.29) is 5.91 Å². The summed E-state index contributed by atoms with van der Waals surface area (Å²) in [7, 11) is 0. The fourth-order valence-corrected chi connectivity index (χ4v) is 2.65. The Labute approximate surface area is 93.1 Å². The SMILES string of the molecule is CCC(=O)NCCSCc1cccs1. The van der Waals surface area contributed by atoms with Crippen LogP contribution in [0.5, 0.6) is 0 Å². The molecular formula is C10H15NOS2. The average molecular weight is 229 g/mol. The van der Waals surface area contributed by atoms with Crippen LogP contribution in [0.2, 0.25) is 0 Å². The maximum absolute atomic E-state index is 10.9. The lowest BCUT2D eigenvalue weighted by Crippen LogP contribution is -2.24. The topological polar surface area (TPSA) is 29.1 Å². The first-order valence-electron chi connectivity index (χ1n) is 4.69. The van der Waals surface area contributed by atoms with Crippen LogP contribution in [0.15, 0.2) is 17.5 Å². The zero-order chi connectivity index (χ0) is 10.2. The van der Waals surface area contributed by atoms with E-state index in [0.29, 0.717) is 6.42 Å². The van der Waals surface area contributed by atoms with Crippen molar-refractivity contribution in [2.24, 2.45) is 0 Å². The van der Waals surface area contributed by atoms with Gasteiger partial charge in [-0.2, -0.15) is 11.8 Å². The molecule has 0 unspecified atom stereocenters. The molecule has 0 spiro atoms. The van der Waals surface area contributed by atoms with Gasteiger partial charge in [-0.05, 0) is 11.4 Å². The standard InChI is InChI=1S/C10H15NOS2/c1-2-10(12)11-5-7-13-8-9-4-3-6-14-9/h3-4,6H,2,5,7-8H2,1H3,(H,11,12). The van der Waals surface area contributed by atoms with E-state index in [1.54, 1.807) is 11.3 Å². The second-order valence-electron chi connectivity index (χ2n) is 2.84. The summed E-state index contributed by atoms with van der Waals surface area (Å²) in [5, 5.41) is 4.95. The third kappa shape index (κ3) is 4.67. The predicted octanol–water partition coefficient (Wildman–Crippen LogP) is 2.51. The van der Waals surface area contributed by atoms with Gasteiger partial charge in [-0.1, -0.05) is 13.0 Å². The van der Waals surface area contributed by atoms with E-state index in [1.165, 1.54) is 4.88 Å². The van der Waals surface area contributed by atoms with Crippen LogP contribution in [-0.4, -0.2) is 18.2 Å². The van der Waals surface area contributed by atoms with Crippen molar-refractivity contribution in [1.82, 2.24) is 5.32 Å². The van der Waals surface area contributed by atoms with Gasteiger partial charge in [0.05, 0.1) is 0 Å². The molecule has 0 aliphatic rings. The van der Waals surface area contributed by atoms with Crippen LogP contribution in [0.1, 0.15) is 18.2 Å². The molecule has 1 rings (SSSR count). The molecule has 0 aliphatic heterocycles. The molecule has 1 aromatic rings. The Hall–Kier alpha value is -0.480. The third-order valence-corrected chi connectivity index (χ3v) is 3.78.